The number of hydrogen-bond acceptors (Lipinski definition) is 14. The van der Waals surface area contributed by atoms with Crippen LogP contribution in [0.25, 0.3) is 0 Å². The Kier molecular flexibility index (Phi) is 14.2. The fraction of sp³-hybridized carbons (Fsp3) is 0.292. The van der Waals surface area contributed by atoms with Gasteiger partial charge >= 0.3 is 0 Å². The number of fused-ring (bicyclic) bond motifs is 2. The fourth-order valence-electron chi connectivity index (χ4n) is 8.10. The van der Waals surface area contributed by atoms with Gasteiger partial charge in [-0.2, -0.15) is 10.5 Å². The minimum Gasteiger partial charge on any atom is -0.366 e. The van der Waals surface area contributed by atoms with E-state index in [-0.39, 0.29) is 31.9 Å². The van der Waals surface area contributed by atoms with E-state index in [1.807, 2.05) is 64.1 Å². The highest BCUT2D eigenvalue weighted by Crippen LogP contribution is 2.34. The molecular weight excluding hydrogens is 916 g/mol. The number of nitriles is 2. The molecular formula is C48H48Cl2N10O4S2. The van der Waals surface area contributed by atoms with Crippen LogP contribution in [0.3, 0.4) is 0 Å². The van der Waals surface area contributed by atoms with Crippen LogP contribution in [0.15, 0.2) is 95.2 Å². The van der Waals surface area contributed by atoms with Crippen LogP contribution in [-0.2, 0) is 45.6 Å². The number of rotatable bonds is 10. The SMILES string of the molecule is Cc1ccc(N2CCc3ncnc(N[C@@H](C)c4ccc(Cl)c(S(C)(=O)=O)c4)c3C2)c(C#N)c1.Cc1ccc(N2CCc3ncnc(N[C@H](C)c4ccc(Cl)c(S(C)(=O)=O)c4)c3C2)c(C#N)c1. The van der Waals surface area contributed by atoms with Crippen LogP contribution in [0.2, 0.25) is 10.0 Å². The minimum absolute atomic E-state index is 0.106. The normalized spacial score (nSPS) is 14.3. The number of nitrogens with one attached hydrogen (secondary N) is 2. The van der Waals surface area contributed by atoms with Crippen molar-refractivity contribution in [2.45, 2.75) is 75.5 Å². The molecule has 4 heterocycles. The molecule has 2 atom stereocenters. The Morgan fingerprint density at radius 3 is 1.36 bits per heavy atom. The second kappa shape index (κ2) is 19.7. The molecule has 2 aromatic heterocycles. The summed E-state index contributed by atoms with van der Waals surface area (Å²) in [5.74, 6) is 1.39. The van der Waals surface area contributed by atoms with Gasteiger partial charge in [0.1, 0.15) is 36.4 Å². The zero-order valence-electron chi connectivity index (χ0n) is 37.3. The first kappa shape index (κ1) is 47.7. The van der Waals surface area contributed by atoms with E-state index >= 15 is 0 Å². The van der Waals surface area contributed by atoms with E-state index in [1.165, 1.54) is 0 Å². The molecule has 6 aromatic rings. The number of nitrogens with zero attached hydrogens (tertiary/aromatic N) is 8. The van der Waals surface area contributed by atoms with Crippen LogP contribution < -0.4 is 20.4 Å². The Morgan fingerprint density at radius 2 is 1.00 bits per heavy atom. The summed E-state index contributed by atoms with van der Waals surface area (Å²) >= 11 is 12.2. The first-order valence-corrected chi connectivity index (χ1v) is 25.6. The molecule has 0 saturated heterocycles. The molecule has 66 heavy (non-hydrogen) atoms. The van der Waals surface area contributed by atoms with E-state index in [2.05, 4.69) is 52.5 Å². The number of anilines is 4. The summed E-state index contributed by atoms with van der Waals surface area (Å²) in [5, 5.41) is 26.4. The Bertz CT molecular complexity index is 2950. The van der Waals surface area contributed by atoms with Gasteiger partial charge in [0, 0.05) is 74.7 Å². The maximum atomic E-state index is 12.1. The Hall–Kier alpha value is -6.30. The molecule has 2 N–H and O–H groups in total. The van der Waals surface area contributed by atoms with Gasteiger partial charge in [0.25, 0.3) is 0 Å². The highest BCUT2D eigenvalue weighted by Gasteiger charge is 2.26. The quantitative estimate of drug-likeness (QED) is 0.132. The zero-order chi connectivity index (χ0) is 47.5. The van der Waals surface area contributed by atoms with Crippen molar-refractivity contribution in [1.29, 1.82) is 10.5 Å². The van der Waals surface area contributed by atoms with Crippen LogP contribution in [0, 0.1) is 36.5 Å². The number of halogens is 2. The topological polar surface area (TPSA) is 198 Å². The number of hydrogen-bond donors (Lipinski definition) is 2. The molecule has 0 fully saturated rings. The zero-order valence-corrected chi connectivity index (χ0v) is 40.4. The fourth-order valence-corrected chi connectivity index (χ4v) is 10.7. The second-order valence-corrected chi connectivity index (χ2v) is 21.3. The molecule has 0 saturated carbocycles. The van der Waals surface area contributed by atoms with Gasteiger partial charge in [-0.15, -0.1) is 0 Å². The monoisotopic (exact) mass is 962 g/mol. The molecule has 18 heteroatoms. The standard InChI is InChI=1S/2C24H24ClN5O2S/c2*1-15-4-7-22(18(10-15)12-26)30-9-8-21-19(13-30)24(28-14-27-21)29-16(2)17-5-6-20(25)23(11-17)33(3,31)32/h2*4-7,10-11,14,16H,8-9,13H2,1-3H3,(H,27,28,29)/t2*16-/m10/s1. The summed E-state index contributed by atoms with van der Waals surface area (Å²) in [6.45, 7) is 10.5. The summed E-state index contributed by atoms with van der Waals surface area (Å²) in [6, 6.07) is 26.0. The highest BCUT2D eigenvalue weighted by molar-refractivity contribution is 7.91. The lowest BCUT2D eigenvalue weighted by molar-refractivity contribution is 0.600. The van der Waals surface area contributed by atoms with Gasteiger partial charge in [0.05, 0.1) is 53.7 Å². The summed E-state index contributed by atoms with van der Waals surface area (Å²) in [7, 11) is -6.89. The number of aryl methyl sites for hydroxylation is 2. The lowest BCUT2D eigenvalue weighted by Gasteiger charge is -2.32. The predicted molar refractivity (Wildman–Crippen MR) is 259 cm³/mol. The average Bonchev–Trinajstić information content (AvgIpc) is 3.28. The van der Waals surface area contributed by atoms with Gasteiger partial charge in [-0.1, -0.05) is 47.5 Å². The van der Waals surface area contributed by atoms with Crippen LogP contribution in [0.4, 0.5) is 23.0 Å². The lowest BCUT2D eigenvalue weighted by atomic mass is 10.0. The van der Waals surface area contributed by atoms with Crippen molar-refractivity contribution >= 4 is 65.9 Å². The molecule has 2 aliphatic rings. The van der Waals surface area contributed by atoms with E-state index in [0.29, 0.717) is 35.9 Å². The first-order valence-electron chi connectivity index (χ1n) is 21.0. The van der Waals surface area contributed by atoms with Crippen molar-refractivity contribution < 1.29 is 16.8 Å². The molecule has 0 spiro atoms. The minimum atomic E-state index is -3.44. The highest BCUT2D eigenvalue weighted by atomic mass is 35.5. The van der Waals surface area contributed by atoms with Crippen molar-refractivity contribution in [3.63, 3.8) is 0 Å². The number of sulfone groups is 2. The maximum Gasteiger partial charge on any atom is 0.177 e. The van der Waals surface area contributed by atoms with Crippen molar-refractivity contribution in [3.8, 4) is 12.1 Å². The number of aromatic nitrogens is 4. The Labute approximate surface area is 396 Å². The lowest BCUT2D eigenvalue weighted by Crippen LogP contribution is -2.32. The van der Waals surface area contributed by atoms with E-state index < -0.39 is 19.7 Å². The van der Waals surface area contributed by atoms with Crippen LogP contribution in [0.5, 0.6) is 0 Å². The molecule has 4 aromatic carbocycles. The average molecular weight is 964 g/mol. The maximum absolute atomic E-state index is 12.1. The molecule has 0 radical (unpaired) electrons. The van der Waals surface area contributed by atoms with Crippen molar-refractivity contribution in [1.82, 2.24) is 19.9 Å². The van der Waals surface area contributed by atoms with E-state index in [9.17, 15) is 27.4 Å². The van der Waals surface area contributed by atoms with E-state index in [0.717, 1.165) is 94.6 Å². The summed E-state index contributed by atoms with van der Waals surface area (Å²) in [4.78, 5) is 22.4. The molecule has 0 bridgehead atoms. The second-order valence-electron chi connectivity index (χ2n) is 16.6. The third-order valence-corrected chi connectivity index (χ3v) is 14.8. The van der Waals surface area contributed by atoms with Gasteiger partial charge in [-0.25, -0.2) is 36.8 Å². The van der Waals surface area contributed by atoms with Crippen LogP contribution in [0.1, 0.15) is 81.8 Å². The largest absolute Gasteiger partial charge is 0.366 e. The van der Waals surface area contributed by atoms with Gasteiger partial charge in [-0.3, -0.25) is 0 Å². The van der Waals surface area contributed by atoms with Gasteiger partial charge in [0.2, 0.25) is 0 Å². The third-order valence-electron chi connectivity index (χ3n) is 11.6. The van der Waals surface area contributed by atoms with Gasteiger partial charge in [0.15, 0.2) is 19.7 Å². The smallest absolute Gasteiger partial charge is 0.177 e. The molecule has 0 unspecified atom stereocenters. The van der Waals surface area contributed by atoms with Crippen molar-refractivity contribution in [3.05, 3.63) is 151 Å². The molecule has 340 valence electrons. The van der Waals surface area contributed by atoms with E-state index in [4.69, 9.17) is 23.2 Å². The van der Waals surface area contributed by atoms with Crippen molar-refractivity contribution in [2.24, 2.45) is 0 Å². The van der Waals surface area contributed by atoms with E-state index in [1.54, 1.807) is 49.1 Å². The van der Waals surface area contributed by atoms with Crippen LogP contribution >= 0.6 is 23.2 Å². The molecule has 0 aliphatic carbocycles. The van der Waals surface area contributed by atoms with Gasteiger partial charge in [-0.05, 0) is 98.5 Å². The predicted octanol–water partition coefficient (Wildman–Crippen LogP) is 8.90. The summed E-state index contributed by atoms with van der Waals surface area (Å²) < 4.78 is 48.3. The third kappa shape index (κ3) is 10.7. The molecule has 8 rings (SSSR count). The van der Waals surface area contributed by atoms with Crippen molar-refractivity contribution in [2.75, 3.05) is 46.0 Å². The summed E-state index contributed by atoms with van der Waals surface area (Å²) in [6.07, 6.45) is 6.84. The summed E-state index contributed by atoms with van der Waals surface area (Å²) in [5.41, 5.74) is 10.6. The number of benzene rings is 4. The first-order chi connectivity index (χ1) is 31.3. The van der Waals surface area contributed by atoms with Crippen LogP contribution in [-0.4, -0.2) is 62.4 Å². The Balaban J connectivity index is 0.000000196. The Morgan fingerprint density at radius 1 is 0.606 bits per heavy atom. The van der Waals surface area contributed by atoms with Gasteiger partial charge < -0.3 is 20.4 Å². The molecule has 0 amide bonds. The molecule has 14 nitrogen and oxygen atoms in total. The molecule has 2 aliphatic heterocycles.